The number of ether oxygens (including phenoxy) is 2. The molecule has 6 nitrogen and oxygen atoms in total. The normalized spacial score (nSPS) is 10.8. The number of aromatic nitrogens is 3. The highest BCUT2D eigenvalue weighted by molar-refractivity contribution is 5.47. The molecule has 0 aliphatic rings. The molecule has 0 amide bonds. The van der Waals surface area contributed by atoms with E-state index in [0.717, 1.165) is 29.2 Å². The van der Waals surface area contributed by atoms with Crippen molar-refractivity contribution in [1.82, 2.24) is 15.0 Å². The summed E-state index contributed by atoms with van der Waals surface area (Å²) in [7, 11) is 1.64. The maximum absolute atomic E-state index is 5.76. The van der Waals surface area contributed by atoms with Crippen molar-refractivity contribution in [2.75, 3.05) is 13.7 Å². The van der Waals surface area contributed by atoms with Crippen molar-refractivity contribution >= 4 is 0 Å². The van der Waals surface area contributed by atoms with E-state index in [2.05, 4.69) is 17.2 Å². The van der Waals surface area contributed by atoms with Gasteiger partial charge in [-0.3, -0.25) is 0 Å². The molecule has 20 heavy (non-hydrogen) atoms. The van der Waals surface area contributed by atoms with Crippen LogP contribution in [0.4, 0.5) is 0 Å². The zero-order valence-electron chi connectivity index (χ0n) is 11.9. The Kier molecular flexibility index (Phi) is 5.09. The molecule has 0 saturated heterocycles. The smallest absolute Gasteiger partial charge is 0.145 e. The van der Waals surface area contributed by atoms with Gasteiger partial charge in [-0.1, -0.05) is 24.3 Å². The van der Waals surface area contributed by atoms with Crippen LogP contribution in [0.2, 0.25) is 0 Å². The molecule has 2 N–H and O–H groups in total. The molecular weight excluding hydrogens is 256 g/mol. The van der Waals surface area contributed by atoms with Gasteiger partial charge in [0.25, 0.3) is 0 Å². The standard InChI is InChI=1S/C14H20N4O2/c1-3-8-20-14-7-5-4-6-12(14)18-13(10-19-2)11(9-15)16-17-18/h4-7H,3,8-10,15H2,1-2H3. The first-order valence-electron chi connectivity index (χ1n) is 6.66. The second-order valence-electron chi connectivity index (χ2n) is 4.35. The third-order valence-electron chi connectivity index (χ3n) is 2.87. The molecule has 6 heteroatoms. The van der Waals surface area contributed by atoms with Gasteiger partial charge in [-0.15, -0.1) is 5.10 Å². The predicted molar refractivity (Wildman–Crippen MR) is 75.7 cm³/mol. The summed E-state index contributed by atoms with van der Waals surface area (Å²) in [4.78, 5) is 0. The van der Waals surface area contributed by atoms with Crippen LogP contribution in [0.25, 0.3) is 5.69 Å². The lowest BCUT2D eigenvalue weighted by atomic mass is 10.2. The number of hydrogen-bond donors (Lipinski definition) is 1. The van der Waals surface area contributed by atoms with Crippen LogP contribution in [0.15, 0.2) is 24.3 Å². The van der Waals surface area contributed by atoms with Crippen molar-refractivity contribution in [2.45, 2.75) is 26.5 Å². The molecular formula is C14H20N4O2. The molecule has 0 aliphatic heterocycles. The summed E-state index contributed by atoms with van der Waals surface area (Å²) in [6, 6.07) is 7.74. The summed E-state index contributed by atoms with van der Waals surface area (Å²) in [5.41, 5.74) is 8.12. The Morgan fingerprint density at radius 3 is 2.80 bits per heavy atom. The van der Waals surface area contributed by atoms with Crippen LogP contribution < -0.4 is 10.5 Å². The van der Waals surface area contributed by atoms with E-state index in [0.29, 0.717) is 19.8 Å². The quantitative estimate of drug-likeness (QED) is 0.832. The van der Waals surface area contributed by atoms with Crippen LogP contribution in [0.5, 0.6) is 5.75 Å². The van der Waals surface area contributed by atoms with Gasteiger partial charge in [0.05, 0.1) is 18.9 Å². The summed E-state index contributed by atoms with van der Waals surface area (Å²) in [5, 5.41) is 8.27. The first kappa shape index (κ1) is 14.5. The van der Waals surface area contributed by atoms with E-state index >= 15 is 0 Å². The monoisotopic (exact) mass is 276 g/mol. The largest absolute Gasteiger partial charge is 0.491 e. The second kappa shape index (κ2) is 7.02. The minimum absolute atomic E-state index is 0.330. The van der Waals surface area contributed by atoms with Gasteiger partial charge in [0, 0.05) is 13.7 Å². The average Bonchev–Trinajstić information content (AvgIpc) is 2.88. The van der Waals surface area contributed by atoms with Gasteiger partial charge in [0.1, 0.15) is 17.1 Å². The van der Waals surface area contributed by atoms with Crippen LogP contribution in [0.3, 0.4) is 0 Å². The molecule has 1 aromatic carbocycles. The van der Waals surface area contributed by atoms with E-state index in [9.17, 15) is 0 Å². The van der Waals surface area contributed by atoms with E-state index in [1.807, 2.05) is 24.3 Å². The maximum atomic E-state index is 5.76. The average molecular weight is 276 g/mol. The number of hydrogen-bond acceptors (Lipinski definition) is 5. The zero-order valence-corrected chi connectivity index (χ0v) is 11.9. The molecule has 0 atom stereocenters. The lowest BCUT2D eigenvalue weighted by Crippen LogP contribution is -2.09. The first-order valence-corrected chi connectivity index (χ1v) is 6.66. The highest BCUT2D eigenvalue weighted by atomic mass is 16.5. The minimum Gasteiger partial charge on any atom is -0.491 e. The third-order valence-corrected chi connectivity index (χ3v) is 2.87. The van der Waals surface area contributed by atoms with Crippen LogP contribution in [-0.2, 0) is 17.9 Å². The van der Waals surface area contributed by atoms with E-state index in [-0.39, 0.29) is 0 Å². The van der Waals surface area contributed by atoms with Gasteiger partial charge < -0.3 is 15.2 Å². The van der Waals surface area contributed by atoms with Crippen molar-refractivity contribution in [2.24, 2.45) is 5.73 Å². The number of methoxy groups -OCH3 is 1. The maximum Gasteiger partial charge on any atom is 0.145 e. The van der Waals surface area contributed by atoms with Gasteiger partial charge in [-0.05, 0) is 18.6 Å². The number of para-hydroxylation sites is 2. The van der Waals surface area contributed by atoms with Gasteiger partial charge in [-0.25, -0.2) is 4.68 Å². The molecule has 1 heterocycles. The molecule has 0 fully saturated rings. The Hall–Kier alpha value is -1.92. The second-order valence-corrected chi connectivity index (χ2v) is 4.35. The summed E-state index contributed by atoms with van der Waals surface area (Å²) in [6.07, 6.45) is 0.949. The topological polar surface area (TPSA) is 75.2 Å². The Morgan fingerprint density at radius 1 is 1.30 bits per heavy atom. The van der Waals surface area contributed by atoms with Crippen molar-refractivity contribution < 1.29 is 9.47 Å². The van der Waals surface area contributed by atoms with Crippen LogP contribution in [0, 0.1) is 0 Å². The van der Waals surface area contributed by atoms with E-state index in [1.165, 1.54) is 0 Å². The highest BCUT2D eigenvalue weighted by Crippen LogP contribution is 2.24. The van der Waals surface area contributed by atoms with E-state index in [1.54, 1.807) is 11.8 Å². The van der Waals surface area contributed by atoms with E-state index < -0.39 is 0 Å². The molecule has 0 unspecified atom stereocenters. The number of benzene rings is 1. The molecule has 0 aliphatic carbocycles. The Morgan fingerprint density at radius 2 is 2.10 bits per heavy atom. The fourth-order valence-electron chi connectivity index (χ4n) is 1.93. The number of nitrogens with two attached hydrogens (primary N) is 1. The van der Waals surface area contributed by atoms with Crippen molar-refractivity contribution in [3.63, 3.8) is 0 Å². The molecule has 2 aromatic rings. The molecule has 0 spiro atoms. The molecule has 108 valence electrons. The summed E-state index contributed by atoms with van der Waals surface area (Å²) in [6.45, 7) is 3.47. The van der Waals surface area contributed by atoms with Gasteiger partial charge in [0.15, 0.2) is 0 Å². The van der Waals surface area contributed by atoms with Crippen LogP contribution >= 0.6 is 0 Å². The molecule has 0 saturated carbocycles. The van der Waals surface area contributed by atoms with E-state index in [4.69, 9.17) is 15.2 Å². The Bertz CT molecular complexity index is 554. The third kappa shape index (κ3) is 2.97. The summed E-state index contributed by atoms with van der Waals surface area (Å²) >= 11 is 0. The van der Waals surface area contributed by atoms with Crippen molar-refractivity contribution in [3.8, 4) is 11.4 Å². The summed E-state index contributed by atoms with van der Waals surface area (Å²) in [5.74, 6) is 0.778. The highest BCUT2D eigenvalue weighted by Gasteiger charge is 2.15. The molecule has 0 bridgehead atoms. The Balaban J connectivity index is 2.42. The van der Waals surface area contributed by atoms with Crippen LogP contribution in [0.1, 0.15) is 24.7 Å². The van der Waals surface area contributed by atoms with Gasteiger partial charge >= 0.3 is 0 Å². The SMILES string of the molecule is CCCOc1ccccc1-n1nnc(CN)c1COC. The van der Waals surface area contributed by atoms with Crippen molar-refractivity contribution in [1.29, 1.82) is 0 Å². The lowest BCUT2D eigenvalue weighted by molar-refractivity contribution is 0.178. The lowest BCUT2D eigenvalue weighted by Gasteiger charge is -2.12. The van der Waals surface area contributed by atoms with Crippen molar-refractivity contribution in [3.05, 3.63) is 35.7 Å². The number of nitrogens with zero attached hydrogens (tertiary/aromatic N) is 3. The molecule has 0 radical (unpaired) electrons. The summed E-state index contributed by atoms with van der Waals surface area (Å²) < 4.78 is 12.7. The zero-order chi connectivity index (χ0) is 14.4. The molecule has 1 aromatic heterocycles. The predicted octanol–water partition coefficient (Wildman–Crippen LogP) is 1.66. The van der Waals surface area contributed by atoms with Crippen LogP contribution in [-0.4, -0.2) is 28.7 Å². The minimum atomic E-state index is 0.330. The number of rotatable bonds is 7. The van der Waals surface area contributed by atoms with Gasteiger partial charge in [-0.2, -0.15) is 0 Å². The fraction of sp³-hybridized carbons (Fsp3) is 0.429. The fourth-order valence-corrected chi connectivity index (χ4v) is 1.93. The van der Waals surface area contributed by atoms with Gasteiger partial charge in [0.2, 0.25) is 0 Å². The first-order chi connectivity index (χ1) is 9.81. The Labute approximate surface area is 118 Å². The molecule has 2 rings (SSSR count).